The van der Waals surface area contributed by atoms with Crippen molar-refractivity contribution in [2.75, 3.05) is 6.54 Å². The second-order valence-corrected chi connectivity index (χ2v) is 7.98. The van der Waals surface area contributed by atoms with E-state index in [1.165, 1.54) is 4.90 Å². The normalized spacial score (nSPS) is 16.6. The van der Waals surface area contributed by atoms with E-state index in [-0.39, 0.29) is 12.5 Å². The number of likely N-dealkylation sites (tertiary alicyclic amines) is 1. The lowest BCUT2D eigenvalue weighted by atomic mass is 10.0. The number of nitrogens with zero attached hydrogens (tertiary/aromatic N) is 1. The van der Waals surface area contributed by atoms with Gasteiger partial charge in [0.05, 0.1) is 0 Å². The lowest BCUT2D eigenvalue weighted by molar-refractivity contribution is -0.130. The fourth-order valence-electron chi connectivity index (χ4n) is 3.72. The number of nitrogens with one attached hydrogen (secondary N) is 1. The smallest absolute Gasteiger partial charge is 0.410 e. The van der Waals surface area contributed by atoms with Crippen molar-refractivity contribution in [3.63, 3.8) is 0 Å². The average Bonchev–Trinajstić information content (AvgIpc) is 3.25. The zero-order chi connectivity index (χ0) is 22.4. The van der Waals surface area contributed by atoms with Gasteiger partial charge in [0.15, 0.2) is 0 Å². The molecule has 1 aliphatic rings. The number of carbonyl (C=O) groups is 3. The summed E-state index contributed by atoms with van der Waals surface area (Å²) in [5.74, 6) is -0.996. The molecule has 31 heavy (non-hydrogen) atoms. The first-order valence-electron chi connectivity index (χ1n) is 10.5. The summed E-state index contributed by atoms with van der Waals surface area (Å²) in [7, 11) is 0. The summed E-state index contributed by atoms with van der Waals surface area (Å²) >= 11 is 0. The van der Waals surface area contributed by atoms with Gasteiger partial charge in [-0.15, -0.1) is 0 Å². The fourth-order valence-corrected chi connectivity index (χ4v) is 3.72. The van der Waals surface area contributed by atoms with Crippen molar-refractivity contribution < 1.29 is 19.1 Å². The van der Waals surface area contributed by atoms with Crippen LogP contribution in [0.2, 0.25) is 0 Å². The van der Waals surface area contributed by atoms with E-state index in [4.69, 9.17) is 10.5 Å². The molecular formula is C24H29N3O4. The molecule has 7 heteroatoms. The van der Waals surface area contributed by atoms with Crippen LogP contribution >= 0.6 is 0 Å². The number of primary amides is 1. The van der Waals surface area contributed by atoms with Gasteiger partial charge in [0.25, 0.3) is 0 Å². The standard InChI is InChI=1S/C24H29N3O4/c1-16-10-11-19(13-17(16)2)14-20(22(25)28)26-23(29)21-9-6-12-27(21)24(30)31-15-18-7-4-3-5-8-18/h3-5,7-8,10-11,13,20-21H,6,9,12,14-15H2,1-2H3,(H2,25,28)(H,26,29)/t20-,21+/m0/s1. The summed E-state index contributed by atoms with van der Waals surface area (Å²) in [6.45, 7) is 4.58. The lowest BCUT2D eigenvalue weighted by Gasteiger charge is -2.25. The van der Waals surface area contributed by atoms with Crippen LogP contribution in [0.4, 0.5) is 4.79 Å². The predicted octanol–water partition coefficient (Wildman–Crippen LogP) is 2.62. The van der Waals surface area contributed by atoms with Crippen molar-refractivity contribution in [2.45, 2.75) is 51.8 Å². The number of carbonyl (C=O) groups excluding carboxylic acids is 3. The van der Waals surface area contributed by atoms with Crippen molar-refractivity contribution in [3.8, 4) is 0 Å². The van der Waals surface area contributed by atoms with Crippen LogP contribution in [-0.2, 0) is 27.4 Å². The van der Waals surface area contributed by atoms with E-state index in [1.54, 1.807) is 0 Å². The molecule has 3 rings (SSSR count). The maximum atomic E-state index is 12.9. The van der Waals surface area contributed by atoms with Crippen LogP contribution in [0.15, 0.2) is 48.5 Å². The molecule has 2 aromatic carbocycles. The molecule has 0 bridgehead atoms. The highest BCUT2D eigenvalue weighted by Crippen LogP contribution is 2.20. The molecule has 0 spiro atoms. The first kappa shape index (κ1) is 22.3. The molecule has 0 saturated carbocycles. The maximum absolute atomic E-state index is 12.9. The topological polar surface area (TPSA) is 102 Å². The number of nitrogens with two attached hydrogens (primary N) is 1. The second kappa shape index (κ2) is 10.1. The first-order valence-corrected chi connectivity index (χ1v) is 10.5. The fraction of sp³-hybridized carbons (Fsp3) is 0.375. The van der Waals surface area contributed by atoms with Crippen molar-refractivity contribution >= 4 is 17.9 Å². The molecule has 1 fully saturated rings. The van der Waals surface area contributed by atoms with E-state index in [0.717, 1.165) is 22.3 Å². The van der Waals surface area contributed by atoms with Crippen LogP contribution in [0, 0.1) is 13.8 Å². The molecule has 0 aliphatic carbocycles. The lowest BCUT2D eigenvalue weighted by Crippen LogP contribution is -2.53. The van der Waals surface area contributed by atoms with Crippen LogP contribution in [0.3, 0.4) is 0 Å². The van der Waals surface area contributed by atoms with Crippen molar-refractivity contribution in [1.29, 1.82) is 0 Å². The van der Waals surface area contributed by atoms with Gasteiger partial charge in [-0.1, -0.05) is 48.5 Å². The van der Waals surface area contributed by atoms with Crippen LogP contribution < -0.4 is 11.1 Å². The zero-order valence-electron chi connectivity index (χ0n) is 18.0. The summed E-state index contributed by atoms with van der Waals surface area (Å²) < 4.78 is 5.38. The molecule has 0 aromatic heterocycles. The third kappa shape index (κ3) is 5.84. The molecule has 2 atom stereocenters. The Hall–Kier alpha value is -3.35. The van der Waals surface area contributed by atoms with E-state index >= 15 is 0 Å². The quantitative estimate of drug-likeness (QED) is 0.715. The maximum Gasteiger partial charge on any atom is 0.410 e. The molecule has 0 unspecified atom stereocenters. The van der Waals surface area contributed by atoms with E-state index in [9.17, 15) is 14.4 Å². The predicted molar refractivity (Wildman–Crippen MR) is 117 cm³/mol. The molecule has 164 valence electrons. The molecule has 3 N–H and O–H groups in total. The van der Waals surface area contributed by atoms with Gasteiger partial charge in [-0.3, -0.25) is 14.5 Å². The summed E-state index contributed by atoms with van der Waals surface area (Å²) in [6.07, 6.45) is 0.970. The molecule has 2 aromatic rings. The number of hydrogen-bond donors (Lipinski definition) is 2. The molecule has 1 aliphatic heterocycles. The summed E-state index contributed by atoms with van der Waals surface area (Å²) in [6, 6.07) is 13.7. The van der Waals surface area contributed by atoms with Gasteiger partial charge in [0, 0.05) is 13.0 Å². The number of rotatable bonds is 7. The van der Waals surface area contributed by atoms with Crippen LogP contribution in [0.25, 0.3) is 0 Å². The van der Waals surface area contributed by atoms with Gasteiger partial charge < -0.3 is 15.8 Å². The largest absolute Gasteiger partial charge is 0.445 e. The van der Waals surface area contributed by atoms with Crippen molar-refractivity contribution in [3.05, 3.63) is 70.8 Å². The summed E-state index contributed by atoms with van der Waals surface area (Å²) in [4.78, 5) is 38.8. The van der Waals surface area contributed by atoms with E-state index in [1.807, 2.05) is 62.4 Å². The van der Waals surface area contributed by atoms with Gasteiger partial charge in [-0.05, 0) is 48.9 Å². The van der Waals surface area contributed by atoms with Crippen LogP contribution in [-0.4, -0.2) is 41.4 Å². The molecule has 7 nitrogen and oxygen atoms in total. The Morgan fingerprint density at radius 2 is 1.84 bits per heavy atom. The molecule has 3 amide bonds. The summed E-state index contributed by atoms with van der Waals surface area (Å²) in [5.41, 5.74) is 9.59. The zero-order valence-corrected chi connectivity index (χ0v) is 18.0. The Morgan fingerprint density at radius 3 is 2.52 bits per heavy atom. The number of hydrogen-bond acceptors (Lipinski definition) is 4. The van der Waals surface area contributed by atoms with Gasteiger partial charge in [-0.2, -0.15) is 0 Å². The third-order valence-corrected chi connectivity index (χ3v) is 5.67. The molecule has 1 heterocycles. The minimum atomic E-state index is -0.850. The minimum Gasteiger partial charge on any atom is -0.445 e. The minimum absolute atomic E-state index is 0.140. The highest BCUT2D eigenvalue weighted by atomic mass is 16.6. The number of aryl methyl sites for hydroxylation is 2. The number of benzene rings is 2. The van der Waals surface area contributed by atoms with Crippen molar-refractivity contribution in [2.24, 2.45) is 5.73 Å². The average molecular weight is 424 g/mol. The highest BCUT2D eigenvalue weighted by Gasteiger charge is 2.36. The first-order chi connectivity index (χ1) is 14.8. The van der Waals surface area contributed by atoms with E-state index in [0.29, 0.717) is 25.8 Å². The van der Waals surface area contributed by atoms with E-state index in [2.05, 4.69) is 5.32 Å². The molecule has 1 saturated heterocycles. The Bertz CT molecular complexity index is 945. The monoisotopic (exact) mass is 423 g/mol. The number of ether oxygens (including phenoxy) is 1. The Balaban J connectivity index is 1.61. The van der Waals surface area contributed by atoms with Gasteiger partial charge in [0.1, 0.15) is 18.7 Å². The molecule has 0 radical (unpaired) electrons. The van der Waals surface area contributed by atoms with Gasteiger partial charge in [-0.25, -0.2) is 4.79 Å². The molecular weight excluding hydrogens is 394 g/mol. The highest BCUT2D eigenvalue weighted by molar-refractivity contribution is 5.91. The van der Waals surface area contributed by atoms with Crippen LogP contribution in [0.5, 0.6) is 0 Å². The number of amides is 3. The van der Waals surface area contributed by atoms with Crippen LogP contribution in [0.1, 0.15) is 35.1 Å². The third-order valence-electron chi connectivity index (χ3n) is 5.67. The Kier molecular flexibility index (Phi) is 7.28. The van der Waals surface area contributed by atoms with E-state index < -0.39 is 24.1 Å². The van der Waals surface area contributed by atoms with Gasteiger partial charge >= 0.3 is 6.09 Å². The SMILES string of the molecule is Cc1ccc(C[C@H](NC(=O)[C@H]2CCCN2C(=O)OCc2ccccc2)C(N)=O)cc1C. The second-order valence-electron chi connectivity index (χ2n) is 7.98. The van der Waals surface area contributed by atoms with Crippen molar-refractivity contribution in [1.82, 2.24) is 10.2 Å². The van der Waals surface area contributed by atoms with Gasteiger partial charge in [0.2, 0.25) is 11.8 Å². The summed E-state index contributed by atoms with van der Waals surface area (Å²) in [5, 5.41) is 2.74. The Labute approximate surface area is 182 Å². The Morgan fingerprint density at radius 1 is 1.10 bits per heavy atom.